The number of benzene rings is 3. The first-order valence-electron chi connectivity index (χ1n) is 10.0. The van der Waals surface area contributed by atoms with E-state index < -0.39 is 42.0 Å². The summed E-state index contributed by atoms with van der Waals surface area (Å²) < 4.78 is 43.7. The molecule has 1 amide bonds. The van der Waals surface area contributed by atoms with Gasteiger partial charge in [0, 0.05) is 17.5 Å². The zero-order valence-corrected chi connectivity index (χ0v) is 17.3. The van der Waals surface area contributed by atoms with Gasteiger partial charge in [-0.2, -0.15) is 13.2 Å². The van der Waals surface area contributed by atoms with Gasteiger partial charge in [-0.1, -0.05) is 60.7 Å². The van der Waals surface area contributed by atoms with Crippen LogP contribution in [0, 0.1) is 0 Å². The molecule has 0 saturated heterocycles. The number of ketones is 1. The molecule has 1 atom stereocenters. The third-order valence-corrected chi connectivity index (χ3v) is 4.77. The van der Waals surface area contributed by atoms with E-state index in [2.05, 4.69) is 5.32 Å². The molecule has 0 fully saturated rings. The second kappa shape index (κ2) is 10.6. The van der Waals surface area contributed by atoms with E-state index in [1.54, 1.807) is 60.7 Å². The highest BCUT2D eigenvalue weighted by Gasteiger charge is 2.31. The molecule has 1 unspecified atom stereocenters. The van der Waals surface area contributed by atoms with Gasteiger partial charge in [0.1, 0.15) is 6.04 Å². The lowest BCUT2D eigenvalue weighted by Gasteiger charge is -2.18. The van der Waals surface area contributed by atoms with Crippen LogP contribution in [-0.4, -0.2) is 30.3 Å². The van der Waals surface area contributed by atoms with E-state index in [1.807, 2.05) is 0 Å². The summed E-state index contributed by atoms with van der Waals surface area (Å²) >= 11 is 0. The second-order valence-corrected chi connectivity index (χ2v) is 7.19. The Morgan fingerprint density at radius 2 is 1.42 bits per heavy atom. The topological polar surface area (TPSA) is 72.5 Å². The second-order valence-electron chi connectivity index (χ2n) is 7.19. The van der Waals surface area contributed by atoms with Crippen LogP contribution in [0.25, 0.3) is 0 Å². The summed E-state index contributed by atoms with van der Waals surface area (Å²) in [5.41, 5.74) is -0.122. The van der Waals surface area contributed by atoms with Crippen molar-refractivity contribution in [2.24, 2.45) is 0 Å². The summed E-state index contributed by atoms with van der Waals surface area (Å²) in [7, 11) is 0. The van der Waals surface area contributed by atoms with Crippen molar-refractivity contribution in [1.82, 2.24) is 5.32 Å². The number of carbonyl (C=O) groups excluding carboxylic acids is 3. The first kappa shape index (κ1) is 23.7. The van der Waals surface area contributed by atoms with Gasteiger partial charge < -0.3 is 10.1 Å². The van der Waals surface area contributed by atoms with Gasteiger partial charge in [0.25, 0.3) is 5.91 Å². The first-order valence-corrected chi connectivity index (χ1v) is 10.0. The fourth-order valence-corrected chi connectivity index (χ4v) is 3.06. The Morgan fingerprint density at radius 3 is 2.06 bits per heavy atom. The molecule has 0 aliphatic rings. The van der Waals surface area contributed by atoms with Gasteiger partial charge in [-0.25, -0.2) is 4.79 Å². The quantitative estimate of drug-likeness (QED) is 0.402. The molecular weight excluding hydrogens is 435 g/mol. The smallest absolute Gasteiger partial charge is 0.416 e. The van der Waals surface area contributed by atoms with Crippen LogP contribution in [-0.2, 0) is 22.1 Å². The van der Waals surface area contributed by atoms with Crippen molar-refractivity contribution in [2.45, 2.75) is 18.6 Å². The highest BCUT2D eigenvalue weighted by Crippen LogP contribution is 2.29. The number of ether oxygens (including phenoxy) is 1. The maximum absolute atomic E-state index is 12.9. The molecular formula is C25H20F3NO4. The van der Waals surface area contributed by atoms with Gasteiger partial charge in [-0.15, -0.1) is 0 Å². The van der Waals surface area contributed by atoms with Gasteiger partial charge in [-0.05, 0) is 29.8 Å². The molecule has 0 bridgehead atoms. The summed E-state index contributed by atoms with van der Waals surface area (Å²) in [5.74, 6) is -2.16. The van der Waals surface area contributed by atoms with Crippen LogP contribution < -0.4 is 5.32 Å². The Labute approximate surface area is 188 Å². The first-order chi connectivity index (χ1) is 15.7. The molecule has 3 aromatic rings. The minimum atomic E-state index is -4.60. The summed E-state index contributed by atoms with van der Waals surface area (Å²) in [6, 6.07) is 19.9. The minimum Gasteiger partial charge on any atom is -0.456 e. The van der Waals surface area contributed by atoms with Crippen molar-refractivity contribution in [3.63, 3.8) is 0 Å². The Hall–Kier alpha value is -3.94. The largest absolute Gasteiger partial charge is 0.456 e. The number of hydrogen-bond acceptors (Lipinski definition) is 4. The number of Topliss-reactive ketones (excluding diaryl/α,β-unsaturated/α-hetero) is 1. The van der Waals surface area contributed by atoms with Crippen LogP contribution in [0.2, 0.25) is 0 Å². The number of halogens is 3. The molecule has 3 rings (SSSR count). The van der Waals surface area contributed by atoms with Gasteiger partial charge >= 0.3 is 12.1 Å². The highest BCUT2D eigenvalue weighted by molar-refractivity contribution is 5.99. The fraction of sp³-hybridized carbons (Fsp3) is 0.160. The van der Waals surface area contributed by atoms with E-state index in [0.29, 0.717) is 11.6 Å². The van der Waals surface area contributed by atoms with Crippen LogP contribution in [0.3, 0.4) is 0 Å². The molecule has 170 valence electrons. The minimum absolute atomic E-state index is 0.107. The zero-order chi connectivity index (χ0) is 23.8. The van der Waals surface area contributed by atoms with Crippen LogP contribution in [0.5, 0.6) is 0 Å². The van der Waals surface area contributed by atoms with E-state index in [1.165, 1.54) is 6.07 Å². The van der Waals surface area contributed by atoms with Gasteiger partial charge in [-0.3, -0.25) is 9.59 Å². The molecule has 1 N–H and O–H groups in total. The maximum atomic E-state index is 12.9. The van der Waals surface area contributed by atoms with E-state index in [-0.39, 0.29) is 12.0 Å². The lowest BCUT2D eigenvalue weighted by molar-refractivity contribution is -0.144. The lowest BCUT2D eigenvalue weighted by Crippen LogP contribution is -2.43. The number of rotatable bonds is 8. The molecule has 0 radical (unpaired) electrons. The summed E-state index contributed by atoms with van der Waals surface area (Å²) in [6.45, 7) is -0.757. The zero-order valence-electron chi connectivity index (χ0n) is 17.3. The molecule has 0 heterocycles. The summed E-state index contributed by atoms with van der Waals surface area (Å²) in [6.07, 6.45) is -4.49. The normalized spacial score (nSPS) is 12.0. The van der Waals surface area contributed by atoms with E-state index in [9.17, 15) is 27.6 Å². The molecule has 33 heavy (non-hydrogen) atoms. The van der Waals surface area contributed by atoms with Crippen molar-refractivity contribution in [1.29, 1.82) is 0 Å². The number of esters is 1. The Kier molecular flexibility index (Phi) is 7.61. The third-order valence-electron chi connectivity index (χ3n) is 4.77. The van der Waals surface area contributed by atoms with Gasteiger partial charge in [0.05, 0.1) is 5.56 Å². The maximum Gasteiger partial charge on any atom is 0.416 e. The Bertz CT molecular complexity index is 1120. The molecule has 0 aliphatic heterocycles. The summed E-state index contributed by atoms with van der Waals surface area (Å²) in [4.78, 5) is 37.6. The highest BCUT2D eigenvalue weighted by atomic mass is 19.4. The molecule has 5 nitrogen and oxygen atoms in total. The van der Waals surface area contributed by atoms with E-state index in [4.69, 9.17) is 4.74 Å². The van der Waals surface area contributed by atoms with Crippen molar-refractivity contribution in [3.05, 3.63) is 107 Å². The predicted molar refractivity (Wildman–Crippen MR) is 115 cm³/mol. The fourth-order valence-electron chi connectivity index (χ4n) is 3.06. The Balaban J connectivity index is 1.70. The van der Waals surface area contributed by atoms with Crippen LogP contribution in [0.4, 0.5) is 13.2 Å². The molecule has 0 aromatic heterocycles. The van der Waals surface area contributed by atoms with Crippen molar-refractivity contribution in [2.75, 3.05) is 6.61 Å². The molecule has 8 heteroatoms. The number of carbonyl (C=O) groups is 3. The van der Waals surface area contributed by atoms with E-state index >= 15 is 0 Å². The van der Waals surface area contributed by atoms with Crippen molar-refractivity contribution >= 4 is 17.7 Å². The number of hydrogen-bond donors (Lipinski definition) is 1. The predicted octanol–water partition coefficient (Wildman–Crippen LogP) is 4.47. The SMILES string of the molecule is O=C(COC(=O)C(Cc1ccccc1)NC(=O)c1ccccc1)c1cccc(C(F)(F)F)c1. The van der Waals surface area contributed by atoms with E-state index in [0.717, 1.165) is 17.7 Å². The average Bonchev–Trinajstić information content (AvgIpc) is 2.82. The monoisotopic (exact) mass is 455 g/mol. The Morgan fingerprint density at radius 1 is 0.818 bits per heavy atom. The van der Waals surface area contributed by atoms with Crippen molar-refractivity contribution in [3.8, 4) is 0 Å². The molecule has 0 saturated carbocycles. The lowest BCUT2D eigenvalue weighted by atomic mass is 10.1. The van der Waals surface area contributed by atoms with Gasteiger partial charge in [0.2, 0.25) is 0 Å². The summed E-state index contributed by atoms with van der Waals surface area (Å²) in [5, 5.41) is 2.60. The number of amides is 1. The van der Waals surface area contributed by atoms with Crippen LogP contribution in [0.15, 0.2) is 84.9 Å². The van der Waals surface area contributed by atoms with Crippen LogP contribution in [0.1, 0.15) is 31.8 Å². The standard InChI is InChI=1S/C25H20F3NO4/c26-25(27,28)20-13-7-12-19(15-20)22(30)16-33-24(32)21(14-17-8-3-1-4-9-17)29-23(31)18-10-5-2-6-11-18/h1-13,15,21H,14,16H2,(H,29,31). The molecule has 0 aliphatic carbocycles. The van der Waals surface area contributed by atoms with Crippen molar-refractivity contribution < 1.29 is 32.3 Å². The van der Waals surface area contributed by atoms with Gasteiger partial charge in [0.15, 0.2) is 12.4 Å². The average molecular weight is 455 g/mol. The van der Waals surface area contributed by atoms with Crippen LogP contribution >= 0.6 is 0 Å². The molecule has 3 aromatic carbocycles. The molecule has 0 spiro atoms. The number of alkyl halides is 3. The third kappa shape index (κ3) is 6.77. The number of nitrogens with one attached hydrogen (secondary N) is 1.